The third kappa shape index (κ3) is 8.08. The van der Waals surface area contributed by atoms with Crippen LogP contribution in [0.5, 0.6) is 11.5 Å². The van der Waals surface area contributed by atoms with Gasteiger partial charge in [-0.25, -0.2) is 27.0 Å². The van der Waals surface area contributed by atoms with Gasteiger partial charge in [-0.2, -0.15) is 5.10 Å². The number of ether oxygens (including phenoxy) is 1. The Morgan fingerprint density at radius 1 is 1.04 bits per heavy atom. The summed E-state index contributed by atoms with van der Waals surface area (Å²) in [7, 11) is -1.64. The van der Waals surface area contributed by atoms with E-state index in [0.717, 1.165) is 31.5 Å². The summed E-state index contributed by atoms with van der Waals surface area (Å²) in [5.41, 5.74) is 1.60. The lowest BCUT2D eigenvalue weighted by Gasteiger charge is -2.19. The number of urea groups is 1. The smallest absolute Gasteiger partial charge is 0.324 e. The summed E-state index contributed by atoms with van der Waals surface area (Å²) in [4.78, 5) is 19.5. The Morgan fingerprint density at radius 3 is 2.43 bits per heavy atom. The van der Waals surface area contributed by atoms with Gasteiger partial charge in [0, 0.05) is 48.1 Å². The molecule has 1 saturated heterocycles. The van der Waals surface area contributed by atoms with Crippen LogP contribution in [-0.4, -0.2) is 60.3 Å². The predicted octanol–water partition coefficient (Wildman–Crippen LogP) is 6.21. The standard InChI is InChI=1S/C33H40FN7O4S/c1-22-19-26(15-16-35-22)45-25-10-13-29(28(34)20-25)37-32(42)38-31-21-30(33(2,3)4)39-41(31)24-8-11-27(12-9-24)46(43,44)36-17-14-23-7-6-18-40(23)5/h8-13,15-16,19-21,23,36H,6-7,14,17-18H2,1-5H3,(H2,37,38,42). The highest BCUT2D eigenvalue weighted by atomic mass is 32.2. The molecule has 13 heteroatoms. The zero-order valence-corrected chi connectivity index (χ0v) is 27.5. The van der Waals surface area contributed by atoms with Crippen molar-refractivity contribution in [2.45, 2.75) is 63.3 Å². The molecule has 2 amide bonds. The molecule has 0 aliphatic carbocycles. The lowest BCUT2D eigenvalue weighted by molar-refractivity contribution is 0.262. The predicted molar refractivity (Wildman–Crippen MR) is 176 cm³/mol. The fourth-order valence-corrected chi connectivity index (χ4v) is 6.28. The molecule has 4 aromatic rings. The quantitative estimate of drug-likeness (QED) is 0.186. The van der Waals surface area contributed by atoms with Crippen molar-refractivity contribution in [3.05, 3.63) is 84.1 Å². The van der Waals surface area contributed by atoms with E-state index >= 15 is 0 Å². The lowest BCUT2D eigenvalue weighted by Crippen LogP contribution is -2.31. The zero-order valence-electron chi connectivity index (χ0n) is 26.7. The van der Waals surface area contributed by atoms with Crippen molar-refractivity contribution < 1.29 is 22.3 Å². The van der Waals surface area contributed by atoms with E-state index in [1.165, 1.54) is 28.9 Å². The molecule has 244 valence electrons. The number of carbonyl (C=O) groups is 1. The first kappa shape index (κ1) is 33.0. The second-order valence-corrected chi connectivity index (χ2v) is 14.3. The molecule has 3 heterocycles. The van der Waals surface area contributed by atoms with E-state index in [4.69, 9.17) is 4.74 Å². The summed E-state index contributed by atoms with van der Waals surface area (Å²) in [6, 6.07) is 15.3. The van der Waals surface area contributed by atoms with Gasteiger partial charge in [-0.15, -0.1) is 0 Å². The Balaban J connectivity index is 1.28. The van der Waals surface area contributed by atoms with Crippen molar-refractivity contribution in [2.75, 3.05) is 30.8 Å². The third-order valence-electron chi connectivity index (χ3n) is 7.84. The average Bonchev–Trinajstić information content (AvgIpc) is 3.60. The fraction of sp³-hybridized carbons (Fsp3) is 0.364. The molecular weight excluding hydrogens is 609 g/mol. The third-order valence-corrected chi connectivity index (χ3v) is 9.32. The summed E-state index contributed by atoms with van der Waals surface area (Å²) in [6.07, 6.45) is 4.55. The molecule has 5 rings (SSSR count). The first-order chi connectivity index (χ1) is 21.8. The summed E-state index contributed by atoms with van der Waals surface area (Å²) in [5, 5.41) is 9.98. The van der Waals surface area contributed by atoms with E-state index in [0.29, 0.717) is 35.5 Å². The van der Waals surface area contributed by atoms with Gasteiger partial charge in [0.05, 0.1) is 22.0 Å². The summed E-state index contributed by atoms with van der Waals surface area (Å²) < 4.78 is 50.8. The monoisotopic (exact) mass is 649 g/mol. The van der Waals surface area contributed by atoms with Gasteiger partial charge in [0.1, 0.15) is 23.1 Å². The topological polar surface area (TPSA) is 130 Å². The highest BCUT2D eigenvalue weighted by Crippen LogP contribution is 2.29. The largest absolute Gasteiger partial charge is 0.457 e. The van der Waals surface area contributed by atoms with E-state index in [2.05, 4.69) is 37.4 Å². The molecule has 0 radical (unpaired) electrons. The van der Waals surface area contributed by atoms with Gasteiger partial charge in [0.2, 0.25) is 10.0 Å². The zero-order chi connectivity index (χ0) is 33.1. The molecule has 2 aromatic carbocycles. The number of pyridine rings is 1. The second kappa shape index (κ2) is 13.6. The molecule has 2 aromatic heterocycles. The highest BCUT2D eigenvalue weighted by Gasteiger charge is 2.24. The van der Waals surface area contributed by atoms with Gasteiger partial charge in [-0.05, 0) is 82.2 Å². The Bertz CT molecular complexity index is 1800. The van der Waals surface area contributed by atoms with Gasteiger partial charge in [0.25, 0.3) is 0 Å². The number of nitrogens with one attached hydrogen (secondary N) is 3. The maximum Gasteiger partial charge on any atom is 0.324 e. The minimum atomic E-state index is -3.70. The normalized spacial score (nSPS) is 15.6. The number of hydrogen-bond donors (Lipinski definition) is 3. The van der Waals surface area contributed by atoms with Crippen LogP contribution in [0.3, 0.4) is 0 Å². The Labute approximate surface area is 269 Å². The van der Waals surface area contributed by atoms with Crippen molar-refractivity contribution in [3.8, 4) is 17.2 Å². The first-order valence-corrected chi connectivity index (χ1v) is 16.7. The number of rotatable bonds is 10. The van der Waals surface area contributed by atoms with Crippen LogP contribution in [0.4, 0.5) is 20.7 Å². The van der Waals surface area contributed by atoms with Crippen molar-refractivity contribution >= 4 is 27.6 Å². The number of anilines is 2. The number of benzene rings is 2. The Morgan fingerprint density at radius 2 is 1.78 bits per heavy atom. The van der Waals surface area contributed by atoms with Gasteiger partial charge in [-0.1, -0.05) is 20.8 Å². The summed E-state index contributed by atoms with van der Waals surface area (Å²) in [6.45, 7) is 9.18. The van der Waals surface area contributed by atoms with E-state index in [9.17, 15) is 17.6 Å². The SMILES string of the molecule is Cc1cc(Oc2ccc(NC(=O)Nc3cc(C(C)(C)C)nn3-c3ccc(S(=O)(=O)NCCC4CCCN4C)cc3)c(F)c2)ccn1. The minimum Gasteiger partial charge on any atom is -0.457 e. The molecule has 1 aliphatic rings. The number of hydrogen-bond acceptors (Lipinski definition) is 7. The molecule has 1 unspecified atom stereocenters. The van der Waals surface area contributed by atoms with Crippen LogP contribution in [0.2, 0.25) is 0 Å². The molecular formula is C33H40FN7O4S. The molecule has 1 aliphatic heterocycles. The molecule has 0 bridgehead atoms. The van der Waals surface area contributed by atoms with Crippen molar-refractivity contribution in [2.24, 2.45) is 0 Å². The maximum atomic E-state index is 14.9. The van der Waals surface area contributed by atoms with Gasteiger partial charge >= 0.3 is 6.03 Å². The van der Waals surface area contributed by atoms with E-state index in [1.807, 2.05) is 27.7 Å². The van der Waals surface area contributed by atoms with Crippen LogP contribution < -0.4 is 20.1 Å². The minimum absolute atomic E-state index is 0.0421. The molecule has 46 heavy (non-hydrogen) atoms. The number of likely N-dealkylation sites (tertiary alicyclic amines) is 1. The molecule has 0 saturated carbocycles. The Hall–Kier alpha value is -4.33. The van der Waals surface area contributed by atoms with Crippen LogP contribution in [0.1, 0.15) is 51.4 Å². The van der Waals surface area contributed by atoms with Crippen LogP contribution in [0, 0.1) is 12.7 Å². The van der Waals surface area contributed by atoms with Crippen molar-refractivity contribution in [3.63, 3.8) is 0 Å². The van der Waals surface area contributed by atoms with Crippen LogP contribution in [0.25, 0.3) is 5.69 Å². The molecule has 3 N–H and O–H groups in total. The van der Waals surface area contributed by atoms with Crippen molar-refractivity contribution in [1.82, 2.24) is 24.4 Å². The van der Waals surface area contributed by atoms with E-state index in [1.54, 1.807) is 42.6 Å². The number of halogens is 1. The number of nitrogens with zero attached hydrogens (tertiary/aromatic N) is 4. The number of sulfonamides is 1. The van der Waals surface area contributed by atoms with E-state index in [-0.39, 0.29) is 21.7 Å². The number of aryl methyl sites for hydroxylation is 1. The number of carbonyl (C=O) groups excluding carboxylic acids is 1. The van der Waals surface area contributed by atoms with E-state index < -0.39 is 21.9 Å². The average molecular weight is 650 g/mol. The molecule has 11 nitrogen and oxygen atoms in total. The first-order valence-electron chi connectivity index (χ1n) is 15.2. The van der Waals surface area contributed by atoms with Crippen LogP contribution in [-0.2, 0) is 15.4 Å². The molecule has 1 atom stereocenters. The summed E-state index contributed by atoms with van der Waals surface area (Å²) >= 11 is 0. The maximum absolute atomic E-state index is 14.9. The van der Waals surface area contributed by atoms with Crippen molar-refractivity contribution in [1.29, 1.82) is 0 Å². The lowest BCUT2D eigenvalue weighted by atomic mass is 9.92. The van der Waals surface area contributed by atoms with Gasteiger partial charge < -0.3 is 15.0 Å². The number of aromatic nitrogens is 3. The summed E-state index contributed by atoms with van der Waals surface area (Å²) in [5.74, 6) is 0.430. The number of amides is 2. The van der Waals surface area contributed by atoms with Crippen LogP contribution >= 0.6 is 0 Å². The Kier molecular flexibility index (Phi) is 9.75. The highest BCUT2D eigenvalue weighted by molar-refractivity contribution is 7.89. The van der Waals surface area contributed by atoms with Crippen LogP contribution in [0.15, 0.2) is 71.8 Å². The second-order valence-electron chi connectivity index (χ2n) is 12.5. The van der Waals surface area contributed by atoms with Gasteiger partial charge in [-0.3, -0.25) is 10.3 Å². The fourth-order valence-electron chi connectivity index (χ4n) is 5.24. The molecule has 0 spiro atoms. The molecule has 1 fully saturated rings. The van der Waals surface area contributed by atoms with Gasteiger partial charge in [0.15, 0.2) is 0 Å².